The van der Waals surface area contributed by atoms with Gasteiger partial charge in [0, 0.05) is 29.9 Å². The summed E-state index contributed by atoms with van der Waals surface area (Å²) in [4.78, 5) is 29.9. The Hall–Kier alpha value is -4.66. The van der Waals surface area contributed by atoms with Crippen molar-refractivity contribution in [1.82, 2.24) is 15.3 Å². The van der Waals surface area contributed by atoms with Gasteiger partial charge in [0.05, 0.1) is 29.4 Å². The van der Waals surface area contributed by atoms with E-state index in [4.69, 9.17) is 8.83 Å². The number of amides is 2. The molecule has 0 fully saturated rings. The van der Waals surface area contributed by atoms with Crippen LogP contribution in [0.15, 0.2) is 87.4 Å². The summed E-state index contributed by atoms with van der Waals surface area (Å²) in [5.74, 6) is 0.441. The van der Waals surface area contributed by atoms with Crippen molar-refractivity contribution in [3.8, 4) is 5.75 Å². The van der Waals surface area contributed by atoms with Crippen molar-refractivity contribution in [3.63, 3.8) is 0 Å². The third-order valence-corrected chi connectivity index (χ3v) is 5.73. The Morgan fingerprint density at radius 1 is 1.11 bits per heavy atom. The summed E-state index contributed by atoms with van der Waals surface area (Å²) >= 11 is 0. The molecule has 0 aliphatic carbocycles. The van der Waals surface area contributed by atoms with E-state index in [9.17, 15) is 14.7 Å². The highest BCUT2D eigenvalue weighted by Crippen LogP contribution is 2.37. The van der Waals surface area contributed by atoms with Crippen LogP contribution in [-0.4, -0.2) is 32.6 Å². The van der Waals surface area contributed by atoms with Crippen molar-refractivity contribution in [3.05, 3.63) is 107 Å². The molecule has 35 heavy (non-hydrogen) atoms. The summed E-state index contributed by atoms with van der Waals surface area (Å²) in [5, 5.41) is 19.1. The van der Waals surface area contributed by atoms with E-state index >= 15 is 0 Å². The van der Waals surface area contributed by atoms with Crippen LogP contribution in [0.2, 0.25) is 0 Å². The van der Waals surface area contributed by atoms with Crippen LogP contribution in [0.25, 0.3) is 0 Å². The smallest absolute Gasteiger partial charge is 0.277 e. The summed E-state index contributed by atoms with van der Waals surface area (Å²) in [6.45, 7) is 1.85. The van der Waals surface area contributed by atoms with E-state index in [1.54, 1.807) is 61.8 Å². The monoisotopic (exact) mass is 470 g/mol. The lowest BCUT2D eigenvalue weighted by Crippen LogP contribution is -2.27. The predicted molar refractivity (Wildman–Crippen MR) is 126 cm³/mol. The van der Waals surface area contributed by atoms with Crippen molar-refractivity contribution in [2.24, 2.45) is 5.10 Å². The molecule has 1 aliphatic rings. The molecular weight excluding hydrogens is 448 g/mol. The number of aromatic hydroxyl groups is 1. The number of carbonyl (C=O) groups is 2. The molecule has 9 nitrogen and oxygen atoms in total. The summed E-state index contributed by atoms with van der Waals surface area (Å²) in [6.07, 6.45) is 6.49. The van der Waals surface area contributed by atoms with Crippen molar-refractivity contribution >= 4 is 17.5 Å². The quantitative estimate of drug-likeness (QED) is 0.436. The molecule has 0 saturated heterocycles. The van der Waals surface area contributed by atoms with Crippen LogP contribution in [0.4, 0.5) is 0 Å². The normalized spacial score (nSPS) is 15.2. The lowest BCUT2D eigenvalue weighted by Gasteiger charge is -2.22. The molecule has 3 aromatic heterocycles. The zero-order valence-electron chi connectivity index (χ0n) is 18.8. The Morgan fingerprint density at radius 2 is 1.94 bits per heavy atom. The number of para-hydroxylation sites is 1. The lowest BCUT2D eigenvalue weighted by molar-refractivity contribution is 0.0708. The zero-order valence-corrected chi connectivity index (χ0v) is 18.8. The standard InChI is InChI=1S/C26H22N4O5/c1-16-9-18(14-34-16)25(32)28-13-20-10-19(15-35-20)26(33)30-23(21-6-2-3-7-24(21)31)11-22(29-30)17-5-4-8-27-12-17/h2-10,12,14-15,23,31H,11,13H2,1H3,(H,28,32). The molecule has 1 aromatic carbocycles. The van der Waals surface area contributed by atoms with Crippen LogP contribution >= 0.6 is 0 Å². The third-order valence-electron chi connectivity index (χ3n) is 5.73. The van der Waals surface area contributed by atoms with Gasteiger partial charge in [0.15, 0.2) is 0 Å². The number of phenols is 1. The second kappa shape index (κ2) is 9.30. The SMILES string of the molecule is Cc1cc(C(=O)NCc2cc(C(=O)N3N=C(c4cccnc4)CC3c3ccccc3O)co2)co1. The fourth-order valence-corrected chi connectivity index (χ4v) is 3.97. The Bertz CT molecular complexity index is 1410. The summed E-state index contributed by atoms with van der Waals surface area (Å²) in [6, 6.07) is 13.3. The molecular formula is C26H22N4O5. The molecule has 1 aliphatic heterocycles. The molecule has 0 radical (unpaired) electrons. The van der Waals surface area contributed by atoms with E-state index in [1.165, 1.54) is 17.5 Å². The fourth-order valence-electron chi connectivity index (χ4n) is 3.97. The Kier molecular flexibility index (Phi) is 5.88. The maximum Gasteiger partial charge on any atom is 0.277 e. The van der Waals surface area contributed by atoms with E-state index in [0.29, 0.717) is 34.8 Å². The largest absolute Gasteiger partial charge is 0.508 e. The average molecular weight is 470 g/mol. The number of nitrogens with zero attached hydrogens (tertiary/aromatic N) is 3. The van der Waals surface area contributed by atoms with Crippen molar-refractivity contribution in [1.29, 1.82) is 0 Å². The number of benzene rings is 1. The molecule has 2 N–H and O–H groups in total. The van der Waals surface area contributed by atoms with Crippen LogP contribution in [0.1, 0.15) is 55.8 Å². The highest BCUT2D eigenvalue weighted by atomic mass is 16.3. The Balaban J connectivity index is 1.37. The van der Waals surface area contributed by atoms with Crippen molar-refractivity contribution in [2.45, 2.75) is 25.9 Å². The first-order valence-electron chi connectivity index (χ1n) is 11.0. The second-order valence-corrected chi connectivity index (χ2v) is 8.15. The van der Waals surface area contributed by atoms with Gasteiger partial charge in [-0.1, -0.05) is 24.3 Å². The van der Waals surface area contributed by atoms with Crippen LogP contribution in [-0.2, 0) is 6.54 Å². The van der Waals surface area contributed by atoms with E-state index < -0.39 is 6.04 Å². The fraction of sp³-hybridized carbons (Fsp3) is 0.154. The number of furan rings is 2. The van der Waals surface area contributed by atoms with E-state index in [1.807, 2.05) is 6.07 Å². The minimum atomic E-state index is -0.499. The van der Waals surface area contributed by atoms with Crippen LogP contribution in [0.3, 0.4) is 0 Å². The number of aryl methyl sites for hydroxylation is 1. The number of hydrogen-bond acceptors (Lipinski definition) is 7. The van der Waals surface area contributed by atoms with Gasteiger partial charge in [-0.3, -0.25) is 14.6 Å². The number of pyridine rings is 1. The van der Waals surface area contributed by atoms with Gasteiger partial charge in [-0.25, -0.2) is 5.01 Å². The van der Waals surface area contributed by atoms with Crippen LogP contribution < -0.4 is 5.32 Å². The molecule has 2 amide bonds. The molecule has 4 heterocycles. The summed E-state index contributed by atoms with van der Waals surface area (Å²) in [5.41, 5.74) is 2.77. The number of aromatic nitrogens is 1. The second-order valence-electron chi connectivity index (χ2n) is 8.15. The first kappa shape index (κ1) is 22.1. The first-order chi connectivity index (χ1) is 17.0. The van der Waals surface area contributed by atoms with Crippen molar-refractivity contribution < 1.29 is 23.5 Å². The molecule has 0 saturated carbocycles. The summed E-state index contributed by atoms with van der Waals surface area (Å²) < 4.78 is 10.7. The number of hydrazone groups is 1. The number of phenolic OH excluding ortho intramolecular Hbond substituents is 1. The van der Waals surface area contributed by atoms with E-state index in [2.05, 4.69) is 15.4 Å². The van der Waals surface area contributed by atoms with Gasteiger partial charge in [-0.2, -0.15) is 5.10 Å². The van der Waals surface area contributed by atoms with E-state index in [0.717, 1.165) is 5.56 Å². The minimum absolute atomic E-state index is 0.0861. The molecule has 1 atom stereocenters. The average Bonchev–Trinajstić information content (AvgIpc) is 3.63. The number of nitrogens with one attached hydrogen (secondary N) is 1. The van der Waals surface area contributed by atoms with Gasteiger partial charge in [0.2, 0.25) is 0 Å². The highest BCUT2D eigenvalue weighted by Gasteiger charge is 2.35. The maximum absolute atomic E-state index is 13.5. The van der Waals surface area contributed by atoms with Crippen LogP contribution in [0.5, 0.6) is 5.75 Å². The Labute approximate surface area is 200 Å². The maximum atomic E-state index is 13.5. The Morgan fingerprint density at radius 3 is 2.69 bits per heavy atom. The minimum Gasteiger partial charge on any atom is -0.508 e. The van der Waals surface area contributed by atoms with Gasteiger partial charge in [0.25, 0.3) is 11.8 Å². The summed E-state index contributed by atoms with van der Waals surface area (Å²) in [7, 11) is 0. The molecule has 176 valence electrons. The molecule has 0 spiro atoms. The van der Waals surface area contributed by atoms with Gasteiger partial charge >= 0.3 is 0 Å². The third kappa shape index (κ3) is 4.56. The van der Waals surface area contributed by atoms with Gasteiger partial charge < -0.3 is 19.3 Å². The number of carbonyl (C=O) groups excluding carboxylic acids is 2. The first-order valence-corrected chi connectivity index (χ1v) is 11.0. The molecule has 1 unspecified atom stereocenters. The molecule has 9 heteroatoms. The number of hydrogen-bond donors (Lipinski definition) is 2. The van der Waals surface area contributed by atoms with Gasteiger partial charge in [0.1, 0.15) is 29.8 Å². The molecule has 5 rings (SSSR count). The topological polar surface area (TPSA) is 121 Å². The zero-order chi connectivity index (χ0) is 24.4. The van der Waals surface area contributed by atoms with Gasteiger partial charge in [-0.05, 0) is 31.2 Å². The molecule has 4 aromatic rings. The van der Waals surface area contributed by atoms with E-state index in [-0.39, 0.29) is 29.7 Å². The predicted octanol–water partition coefficient (Wildman–Crippen LogP) is 4.20. The van der Waals surface area contributed by atoms with Crippen molar-refractivity contribution in [2.75, 3.05) is 0 Å². The molecule has 0 bridgehead atoms. The van der Waals surface area contributed by atoms with Crippen LogP contribution in [0, 0.1) is 6.92 Å². The number of rotatable bonds is 6. The van der Waals surface area contributed by atoms with Gasteiger partial charge in [-0.15, -0.1) is 0 Å². The highest BCUT2D eigenvalue weighted by molar-refractivity contribution is 6.04. The lowest BCUT2D eigenvalue weighted by atomic mass is 9.98.